The number of rotatable bonds is 1. The highest BCUT2D eigenvalue weighted by Gasteiger charge is 2.47. The lowest BCUT2D eigenvalue weighted by molar-refractivity contribution is -0.143. The lowest BCUT2D eigenvalue weighted by atomic mass is 9.92. The van der Waals surface area contributed by atoms with Gasteiger partial charge in [-0.3, -0.25) is 14.5 Å². The number of piperidine rings is 1. The first kappa shape index (κ1) is 10.6. The van der Waals surface area contributed by atoms with E-state index in [1.54, 1.807) is 0 Å². The third kappa shape index (κ3) is 1.78. The van der Waals surface area contributed by atoms with Crippen LogP contribution in [-0.4, -0.2) is 35.8 Å². The summed E-state index contributed by atoms with van der Waals surface area (Å²) in [5.74, 6) is -0.0000926. The molecule has 1 atom stereocenters. The highest BCUT2D eigenvalue weighted by atomic mass is 16.2. The topological polar surface area (TPSA) is 49.4 Å². The molecule has 0 spiro atoms. The van der Waals surface area contributed by atoms with Crippen molar-refractivity contribution in [3.05, 3.63) is 0 Å². The SMILES string of the molecule is CC1(C)CC(=O)N(C2CCCNC2)C1=O. The molecule has 4 nitrogen and oxygen atoms in total. The molecule has 0 bridgehead atoms. The predicted molar refractivity (Wildman–Crippen MR) is 56.1 cm³/mol. The van der Waals surface area contributed by atoms with Crippen LogP contribution >= 0.6 is 0 Å². The number of carbonyl (C=O) groups excluding carboxylic acids is 2. The maximum Gasteiger partial charge on any atom is 0.235 e. The lowest BCUT2D eigenvalue weighted by Gasteiger charge is -2.31. The van der Waals surface area contributed by atoms with Gasteiger partial charge in [0.1, 0.15) is 0 Å². The van der Waals surface area contributed by atoms with E-state index < -0.39 is 5.41 Å². The van der Waals surface area contributed by atoms with Crippen LogP contribution < -0.4 is 5.32 Å². The van der Waals surface area contributed by atoms with Gasteiger partial charge in [-0.25, -0.2) is 0 Å². The summed E-state index contributed by atoms with van der Waals surface area (Å²) >= 11 is 0. The minimum Gasteiger partial charge on any atom is -0.315 e. The second-order valence-electron chi connectivity index (χ2n) is 5.13. The molecule has 0 aliphatic carbocycles. The van der Waals surface area contributed by atoms with Gasteiger partial charge in [0.15, 0.2) is 0 Å². The van der Waals surface area contributed by atoms with Crippen LogP contribution in [0.4, 0.5) is 0 Å². The van der Waals surface area contributed by atoms with Crippen molar-refractivity contribution in [2.24, 2.45) is 5.41 Å². The molecule has 1 N–H and O–H groups in total. The molecule has 4 heteroatoms. The van der Waals surface area contributed by atoms with Crippen LogP contribution in [0.3, 0.4) is 0 Å². The maximum atomic E-state index is 12.0. The van der Waals surface area contributed by atoms with Crippen molar-refractivity contribution in [1.29, 1.82) is 0 Å². The molecule has 2 fully saturated rings. The van der Waals surface area contributed by atoms with Gasteiger partial charge in [0, 0.05) is 13.0 Å². The molecule has 0 aromatic carbocycles. The van der Waals surface area contributed by atoms with E-state index in [-0.39, 0.29) is 17.9 Å². The predicted octanol–water partition coefficient (Wildman–Crippen LogP) is 0.523. The van der Waals surface area contributed by atoms with Crippen molar-refractivity contribution in [2.45, 2.75) is 39.2 Å². The number of hydrogen-bond acceptors (Lipinski definition) is 3. The Labute approximate surface area is 90.0 Å². The molecule has 2 aliphatic heterocycles. The molecule has 2 heterocycles. The van der Waals surface area contributed by atoms with Crippen LogP contribution in [0.25, 0.3) is 0 Å². The molecule has 0 aromatic rings. The second kappa shape index (κ2) is 3.59. The number of nitrogens with one attached hydrogen (secondary N) is 1. The van der Waals surface area contributed by atoms with E-state index in [1.165, 1.54) is 4.90 Å². The molecule has 0 radical (unpaired) electrons. The highest BCUT2D eigenvalue weighted by Crippen LogP contribution is 2.33. The van der Waals surface area contributed by atoms with E-state index in [2.05, 4.69) is 5.32 Å². The average Bonchev–Trinajstić information content (AvgIpc) is 2.38. The third-order valence-electron chi connectivity index (χ3n) is 3.30. The van der Waals surface area contributed by atoms with E-state index in [9.17, 15) is 9.59 Å². The zero-order chi connectivity index (χ0) is 11.1. The number of nitrogens with zero attached hydrogens (tertiary/aromatic N) is 1. The smallest absolute Gasteiger partial charge is 0.235 e. The molecule has 2 amide bonds. The van der Waals surface area contributed by atoms with E-state index in [0.29, 0.717) is 6.42 Å². The number of imide groups is 1. The van der Waals surface area contributed by atoms with Gasteiger partial charge < -0.3 is 5.32 Å². The molecule has 1 unspecified atom stereocenters. The number of carbonyl (C=O) groups is 2. The van der Waals surface area contributed by atoms with Gasteiger partial charge in [0.2, 0.25) is 11.8 Å². The maximum absolute atomic E-state index is 12.0. The zero-order valence-corrected chi connectivity index (χ0v) is 9.38. The summed E-state index contributed by atoms with van der Waals surface area (Å²) in [5, 5.41) is 3.23. The molecule has 2 saturated heterocycles. The highest BCUT2D eigenvalue weighted by molar-refractivity contribution is 6.05. The van der Waals surface area contributed by atoms with Crippen LogP contribution in [-0.2, 0) is 9.59 Å². The van der Waals surface area contributed by atoms with Gasteiger partial charge >= 0.3 is 0 Å². The standard InChI is InChI=1S/C11H18N2O2/c1-11(2)6-9(14)13(10(11)15)8-4-3-5-12-7-8/h8,12H,3-7H2,1-2H3. The Morgan fingerprint density at radius 3 is 2.60 bits per heavy atom. The molecular formula is C11H18N2O2. The summed E-state index contributed by atoms with van der Waals surface area (Å²) in [6.07, 6.45) is 2.35. The minimum absolute atomic E-state index is 0.00111. The molecule has 2 aliphatic rings. The first-order valence-electron chi connectivity index (χ1n) is 5.59. The van der Waals surface area contributed by atoms with E-state index in [4.69, 9.17) is 0 Å². The summed E-state index contributed by atoms with van der Waals surface area (Å²) in [7, 11) is 0. The molecule has 15 heavy (non-hydrogen) atoms. The Morgan fingerprint density at radius 2 is 2.13 bits per heavy atom. The van der Waals surface area contributed by atoms with Crippen LogP contribution in [0.15, 0.2) is 0 Å². The molecular weight excluding hydrogens is 192 g/mol. The Morgan fingerprint density at radius 1 is 1.40 bits per heavy atom. The lowest BCUT2D eigenvalue weighted by Crippen LogP contribution is -2.49. The third-order valence-corrected chi connectivity index (χ3v) is 3.30. The number of amides is 2. The van der Waals surface area contributed by atoms with Gasteiger partial charge in [-0.05, 0) is 19.4 Å². The van der Waals surface area contributed by atoms with Crippen LogP contribution in [0.2, 0.25) is 0 Å². The van der Waals surface area contributed by atoms with Crippen molar-refractivity contribution < 1.29 is 9.59 Å². The quantitative estimate of drug-likeness (QED) is 0.642. The van der Waals surface area contributed by atoms with Crippen LogP contribution in [0, 0.1) is 5.41 Å². The van der Waals surface area contributed by atoms with Crippen molar-refractivity contribution in [2.75, 3.05) is 13.1 Å². The first-order chi connectivity index (χ1) is 7.02. The van der Waals surface area contributed by atoms with Gasteiger partial charge in [0.05, 0.1) is 11.5 Å². The molecule has 0 saturated carbocycles. The van der Waals surface area contributed by atoms with Crippen molar-refractivity contribution in [3.8, 4) is 0 Å². The molecule has 84 valence electrons. The Balaban J connectivity index is 2.14. The fourth-order valence-electron chi connectivity index (χ4n) is 2.40. The zero-order valence-electron chi connectivity index (χ0n) is 9.38. The van der Waals surface area contributed by atoms with Gasteiger partial charge in [0.25, 0.3) is 0 Å². The summed E-state index contributed by atoms with van der Waals surface area (Å²) in [6, 6.07) is 0.0838. The minimum atomic E-state index is -0.492. The fourth-order valence-corrected chi connectivity index (χ4v) is 2.40. The van der Waals surface area contributed by atoms with Crippen LogP contribution in [0.1, 0.15) is 33.1 Å². The fraction of sp³-hybridized carbons (Fsp3) is 0.818. The summed E-state index contributed by atoms with van der Waals surface area (Å²) in [5.41, 5.74) is -0.492. The van der Waals surface area contributed by atoms with Gasteiger partial charge in [-0.1, -0.05) is 13.8 Å². The van der Waals surface area contributed by atoms with Crippen LogP contribution in [0.5, 0.6) is 0 Å². The van der Waals surface area contributed by atoms with Gasteiger partial charge in [-0.2, -0.15) is 0 Å². The summed E-state index contributed by atoms with van der Waals surface area (Å²) in [4.78, 5) is 25.3. The van der Waals surface area contributed by atoms with Crippen molar-refractivity contribution >= 4 is 11.8 Å². The number of hydrogen-bond donors (Lipinski definition) is 1. The van der Waals surface area contributed by atoms with Crippen molar-refractivity contribution in [1.82, 2.24) is 10.2 Å². The largest absolute Gasteiger partial charge is 0.315 e. The normalized spacial score (nSPS) is 31.1. The van der Waals surface area contributed by atoms with E-state index in [0.717, 1.165) is 25.9 Å². The first-order valence-corrected chi connectivity index (χ1v) is 5.59. The van der Waals surface area contributed by atoms with Crippen molar-refractivity contribution in [3.63, 3.8) is 0 Å². The summed E-state index contributed by atoms with van der Waals surface area (Å²) in [6.45, 7) is 5.46. The average molecular weight is 210 g/mol. The van der Waals surface area contributed by atoms with E-state index in [1.807, 2.05) is 13.8 Å². The van der Waals surface area contributed by atoms with Gasteiger partial charge in [-0.15, -0.1) is 0 Å². The number of likely N-dealkylation sites (tertiary alicyclic amines) is 1. The second-order valence-corrected chi connectivity index (χ2v) is 5.13. The Kier molecular flexibility index (Phi) is 2.54. The Bertz CT molecular complexity index is 293. The monoisotopic (exact) mass is 210 g/mol. The Hall–Kier alpha value is -0.900. The van der Waals surface area contributed by atoms with E-state index >= 15 is 0 Å². The molecule has 2 rings (SSSR count). The molecule has 0 aromatic heterocycles. The summed E-state index contributed by atoms with van der Waals surface area (Å²) < 4.78 is 0.